The molecule has 1 heterocycles. The first-order valence-corrected chi connectivity index (χ1v) is 7.69. The summed E-state index contributed by atoms with van der Waals surface area (Å²) < 4.78 is 1.55. The largest absolute Gasteiger partial charge is 0.321 e. The fourth-order valence-electron chi connectivity index (χ4n) is 2.02. The summed E-state index contributed by atoms with van der Waals surface area (Å²) in [6.07, 6.45) is 1.46. The van der Waals surface area contributed by atoms with Gasteiger partial charge in [0.25, 0.3) is 0 Å². The first kappa shape index (κ1) is 14.3. The average molecular weight is 311 g/mol. The minimum atomic E-state index is -0.389. The van der Waals surface area contributed by atoms with Gasteiger partial charge >= 0.3 is 5.69 Å². The van der Waals surface area contributed by atoms with Gasteiger partial charge in [-0.05, 0) is 17.7 Å². The smallest absolute Gasteiger partial charge is 0.258 e. The molecule has 0 aliphatic heterocycles. The summed E-state index contributed by atoms with van der Waals surface area (Å²) in [7, 11) is 0. The lowest BCUT2D eigenvalue weighted by molar-refractivity contribution is -0.387. The Hall–Kier alpha value is -2.60. The van der Waals surface area contributed by atoms with Gasteiger partial charge in [-0.15, -0.1) is 0 Å². The minimum Gasteiger partial charge on any atom is -0.258 e. The molecule has 0 spiro atoms. The van der Waals surface area contributed by atoms with Crippen LogP contribution in [0.3, 0.4) is 0 Å². The monoisotopic (exact) mass is 311 g/mol. The van der Waals surface area contributed by atoms with E-state index in [1.54, 1.807) is 4.68 Å². The van der Waals surface area contributed by atoms with Gasteiger partial charge in [-0.25, -0.2) is 4.68 Å². The number of hydrogen-bond donors (Lipinski definition) is 0. The predicted octanol–water partition coefficient (Wildman–Crippen LogP) is 4.07. The zero-order valence-corrected chi connectivity index (χ0v) is 12.4. The summed E-state index contributed by atoms with van der Waals surface area (Å²) in [5.41, 5.74) is 1.94. The molecule has 0 N–H and O–H groups in total. The van der Waals surface area contributed by atoms with Gasteiger partial charge in [0.05, 0.1) is 10.6 Å². The minimum absolute atomic E-state index is 0.0322. The normalized spacial score (nSPS) is 10.5. The van der Waals surface area contributed by atoms with Gasteiger partial charge in [-0.1, -0.05) is 60.3 Å². The summed E-state index contributed by atoms with van der Waals surface area (Å²) >= 11 is 1.37. The standard InChI is InChI=1S/C16H13N3O2S/c20-19(21)15-11-18(14-9-5-2-6-10-14)17-16(15)22-12-13-7-3-1-4-8-13/h1-11H,12H2. The molecule has 0 bridgehead atoms. The molecule has 0 unspecified atom stereocenters. The molecular weight excluding hydrogens is 298 g/mol. The molecule has 6 heteroatoms. The third kappa shape index (κ3) is 3.17. The zero-order chi connectivity index (χ0) is 15.4. The molecule has 0 radical (unpaired) electrons. The summed E-state index contributed by atoms with van der Waals surface area (Å²) in [4.78, 5) is 10.8. The van der Waals surface area contributed by atoms with Crippen LogP contribution in [-0.4, -0.2) is 14.7 Å². The lowest BCUT2D eigenvalue weighted by Gasteiger charge is -1.99. The number of para-hydroxylation sites is 1. The second-order valence-corrected chi connectivity index (χ2v) is 5.60. The van der Waals surface area contributed by atoms with Crippen molar-refractivity contribution in [2.24, 2.45) is 0 Å². The highest BCUT2D eigenvalue weighted by Gasteiger charge is 2.20. The van der Waals surface area contributed by atoms with Crippen LogP contribution < -0.4 is 0 Å². The Balaban J connectivity index is 1.86. The van der Waals surface area contributed by atoms with E-state index in [0.29, 0.717) is 10.8 Å². The van der Waals surface area contributed by atoms with Crippen LogP contribution in [0.2, 0.25) is 0 Å². The Labute approximate surface area is 131 Å². The van der Waals surface area contributed by atoms with E-state index < -0.39 is 0 Å². The number of thioether (sulfide) groups is 1. The van der Waals surface area contributed by atoms with E-state index >= 15 is 0 Å². The molecule has 0 aliphatic rings. The number of nitro groups is 1. The number of nitrogens with zero attached hydrogens (tertiary/aromatic N) is 3. The molecule has 3 aromatic rings. The highest BCUT2D eigenvalue weighted by atomic mass is 32.2. The van der Waals surface area contributed by atoms with E-state index in [2.05, 4.69) is 5.10 Å². The summed E-state index contributed by atoms with van der Waals surface area (Å²) in [5.74, 6) is 0.646. The van der Waals surface area contributed by atoms with E-state index in [1.807, 2.05) is 60.7 Å². The van der Waals surface area contributed by atoms with E-state index in [4.69, 9.17) is 0 Å². The molecule has 5 nitrogen and oxygen atoms in total. The van der Waals surface area contributed by atoms with Crippen LogP contribution in [0.4, 0.5) is 5.69 Å². The number of benzene rings is 2. The topological polar surface area (TPSA) is 61.0 Å². The number of rotatable bonds is 5. The lowest BCUT2D eigenvalue weighted by Crippen LogP contribution is -1.93. The molecule has 0 amide bonds. The Kier molecular flexibility index (Phi) is 4.20. The van der Waals surface area contributed by atoms with Gasteiger partial charge in [-0.2, -0.15) is 5.10 Å². The maximum Gasteiger partial charge on any atom is 0.321 e. The van der Waals surface area contributed by atoms with Crippen molar-refractivity contribution in [1.29, 1.82) is 0 Å². The maximum absolute atomic E-state index is 11.2. The highest BCUT2D eigenvalue weighted by Crippen LogP contribution is 2.31. The van der Waals surface area contributed by atoms with Crippen LogP contribution in [0.5, 0.6) is 0 Å². The molecule has 2 aromatic carbocycles. The molecule has 3 rings (SSSR count). The average Bonchev–Trinajstić information content (AvgIpc) is 2.99. The van der Waals surface area contributed by atoms with Crippen LogP contribution in [0.15, 0.2) is 71.9 Å². The third-order valence-electron chi connectivity index (χ3n) is 3.10. The fraction of sp³-hybridized carbons (Fsp3) is 0.0625. The Morgan fingerprint density at radius 3 is 2.32 bits per heavy atom. The Bertz CT molecular complexity index is 773. The summed E-state index contributed by atoms with van der Waals surface area (Å²) in [6.45, 7) is 0. The second-order valence-electron chi connectivity index (χ2n) is 4.63. The van der Waals surface area contributed by atoms with Gasteiger partial charge in [0.2, 0.25) is 0 Å². The van der Waals surface area contributed by atoms with E-state index in [1.165, 1.54) is 18.0 Å². The van der Waals surface area contributed by atoms with Gasteiger partial charge in [0.15, 0.2) is 5.03 Å². The van der Waals surface area contributed by atoms with Gasteiger partial charge < -0.3 is 0 Å². The van der Waals surface area contributed by atoms with Crippen LogP contribution >= 0.6 is 11.8 Å². The molecule has 1 aromatic heterocycles. The van der Waals surface area contributed by atoms with E-state index in [0.717, 1.165) is 11.3 Å². The second kappa shape index (κ2) is 6.44. The molecular formula is C16H13N3O2S. The number of hydrogen-bond acceptors (Lipinski definition) is 4. The SMILES string of the molecule is O=[N+]([O-])c1cn(-c2ccccc2)nc1SCc1ccccc1. The van der Waals surface area contributed by atoms with Gasteiger partial charge in [0.1, 0.15) is 6.20 Å². The van der Waals surface area contributed by atoms with Crippen molar-refractivity contribution >= 4 is 17.4 Å². The molecule has 0 saturated carbocycles. The quantitative estimate of drug-likeness (QED) is 0.405. The van der Waals surface area contributed by atoms with Crippen LogP contribution in [0.1, 0.15) is 5.56 Å². The molecule has 0 aliphatic carbocycles. The highest BCUT2D eigenvalue weighted by molar-refractivity contribution is 7.98. The Morgan fingerprint density at radius 1 is 1.05 bits per heavy atom. The molecule has 0 saturated heterocycles. The van der Waals surface area contributed by atoms with Crippen molar-refractivity contribution < 1.29 is 4.92 Å². The predicted molar refractivity (Wildman–Crippen MR) is 86.2 cm³/mol. The first-order valence-electron chi connectivity index (χ1n) is 6.70. The van der Waals surface area contributed by atoms with Crippen LogP contribution in [0.25, 0.3) is 5.69 Å². The van der Waals surface area contributed by atoms with E-state index in [-0.39, 0.29) is 10.6 Å². The summed E-state index contributed by atoms with van der Waals surface area (Å²) in [5, 5.41) is 16.0. The van der Waals surface area contributed by atoms with Crippen molar-refractivity contribution in [3.63, 3.8) is 0 Å². The van der Waals surface area contributed by atoms with Crippen molar-refractivity contribution in [3.05, 3.63) is 82.5 Å². The zero-order valence-electron chi connectivity index (χ0n) is 11.6. The number of aromatic nitrogens is 2. The summed E-state index contributed by atoms with van der Waals surface area (Å²) in [6, 6.07) is 19.2. The molecule has 0 atom stereocenters. The lowest BCUT2D eigenvalue weighted by atomic mass is 10.2. The van der Waals surface area contributed by atoms with Gasteiger partial charge in [0, 0.05) is 5.75 Å². The molecule has 0 fully saturated rings. The van der Waals surface area contributed by atoms with Gasteiger partial charge in [-0.3, -0.25) is 10.1 Å². The Morgan fingerprint density at radius 2 is 1.68 bits per heavy atom. The maximum atomic E-state index is 11.2. The molecule has 110 valence electrons. The molecule has 22 heavy (non-hydrogen) atoms. The van der Waals surface area contributed by atoms with Crippen LogP contribution in [0, 0.1) is 10.1 Å². The van der Waals surface area contributed by atoms with Crippen molar-refractivity contribution in [2.45, 2.75) is 10.8 Å². The van der Waals surface area contributed by atoms with Crippen molar-refractivity contribution in [3.8, 4) is 5.69 Å². The van der Waals surface area contributed by atoms with Crippen molar-refractivity contribution in [2.75, 3.05) is 0 Å². The third-order valence-corrected chi connectivity index (χ3v) is 4.14. The first-order chi connectivity index (χ1) is 10.7. The van der Waals surface area contributed by atoms with Crippen LogP contribution in [-0.2, 0) is 5.75 Å². The van der Waals surface area contributed by atoms with E-state index in [9.17, 15) is 10.1 Å². The fourth-order valence-corrected chi connectivity index (χ4v) is 2.93. The van der Waals surface area contributed by atoms with Crippen molar-refractivity contribution in [1.82, 2.24) is 9.78 Å².